The highest BCUT2D eigenvalue weighted by molar-refractivity contribution is 5.92. The van der Waals surface area contributed by atoms with Crippen LogP contribution in [-0.4, -0.2) is 51.6 Å². The first-order chi connectivity index (χ1) is 14.2. The number of carbonyl (C=O) groups is 1. The van der Waals surface area contributed by atoms with Crippen molar-refractivity contribution in [1.82, 2.24) is 19.9 Å². The summed E-state index contributed by atoms with van der Waals surface area (Å²) in [5.74, 6) is 0.568. The summed E-state index contributed by atoms with van der Waals surface area (Å²) in [5.41, 5.74) is 3.69. The molecule has 2 saturated heterocycles. The second kappa shape index (κ2) is 7.44. The van der Waals surface area contributed by atoms with Crippen LogP contribution >= 0.6 is 0 Å². The number of benzene rings is 2. The van der Waals surface area contributed by atoms with Crippen LogP contribution in [0.1, 0.15) is 34.0 Å². The molecule has 6 nitrogen and oxygen atoms in total. The number of likely N-dealkylation sites (tertiary alicyclic amines) is 1. The molecule has 2 aliphatic rings. The highest BCUT2D eigenvalue weighted by Crippen LogP contribution is 2.41. The minimum Gasteiger partial charge on any atom is -0.381 e. The standard InChI is InChI=1S/C23H24N4O2/c1-16-7-5-6-10-21(16)27-14-20(24-25-27)23(28)26-13-18(17-8-3-2-4-9-17)19-15-29-12-11-22(19)26/h2-10,14,18-19,22H,11-13,15H2,1H3. The van der Waals surface area contributed by atoms with E-state index in [2.05, 4.69) is 34.6 Å². The van der Waals surface area contributed by atoms with Gasteiger partial charge in [0.2, 0.25) is 0 Å². The van der Waals surface area contributed by atoms with Crippen molar-refractivity contribution in [2.24, 2.45) is 5.92 Å². The molecule has 0 bridgehead atoms. The summed E-state index contributed by atoms with van der Waals surface area (Å²) in [6.07, 6.45) is 2.61. The van der Waals surface area contributed by atoms with Crippen molar-refractivity contribution in [3.8, 4) is 5.69 Å². The number of ether oxygens (including phenoxy) is 1. The van der Waals surface area contributed by atoms with Gasteiger partial charge in [0.05, 0.1) is 18.5 Å². The number of hydrogen-bond acceptors (Lipinski definition) is 4. The van der Waals surface area contributed by atoms with Crippen molar-refractivity contribution < 1.29 is 9.53 Å². The van der Waals surface area contributed by atoms with Crippen LogP contribution < -0.4 is 0 Å². The fraction of sp³-hybridized carbons (Fsp3) is 0.348. The molecular weight excluding hydrogens is 364 g/mol. The average Bonchev–Trinajstić information content (AvgIpc) is 3.40. The molecule has 0 spiro atoms. The van der Waals surface area contributed by atoms with E-state index < -0.39 is 0 Å². The average molecular weight is 388 g/mol. The van der Waals surface area contributed by atoms with Crippen molar-refractivity contribution in [3.63, 3.8) is 0 Å². The first-order valence-corrected chi connectivity index (χ1v) is 10.1. The van der Waals surface area contributed by atoms with E-state index in [1.54, 1.807) is 10.9 Å². The van der Waals surface area contributed by atoms with Crippen molar-refractivity contribution in [2.75, 3.05) is 19.8 Å². The summed E-state index contributed by atoms with van der Waals surface area (Å²) in [7, 11) is 0. The molecule has 29 heavy (non-hydrogen) atoms. The molecule has 3 atom stereocenters. The lowest BCUT2D eigenvalue weighted by atomic mass is 9.84. The minimum atomic E-state index is -0.0415. The number of carbonyl (C=O) groups excluding carboxylic acids is 1. The van der Waals surface area contributed by atoms with Gasteiger partial charge >= 0.3 is 0 Å². The van der Waals surface area contributed by atoms with Crippen LogP contribution in [0.4, 0.5) is 0 Å². The van der Waals surface area contributed by atoms with Crippen LogP contribution in [0, 0.1) is 12.8 Å². The summed E-state index contributed by atoms with van der Waals surface area (Å²) in [6, 6.07) is 18.6. The number of rotatable bonds is 3. The SMILES string of the molecule is Cc1ccccc1-n1cc(C(=O)N2CC(c3ccccc3)C3COCCC32)nn1. The number of aromatic nitrogens is 3. The lowest BCUT2D eigenvalue weighted by Gasteiger charge is -2.32. The third-order valence-corrected chi connectivity index (χ3v) is 6.24. The third-order valence-electron chi connectivity index (χ3n) is 6.24. The van der Waals surface area contributed by atoms with Gasteiger partial charge in [-0.1, -0.05) is 53.7 Å². The molecule has 0 aliphatic carbocycles. The molecule has 5 rings (SSSR count). The van der Waals surface area contributed by atoms with Crippen LogP contribution in [0.2, 0.25) is 0 Å². The van der Waals surface area contributed by atoms with Gasteiger partial charge in [0.25, 0.3) is 5.91 Å². The lowest BCUT2D eigenvalue weighted by molar-refractivity contribution is 0.0187. The second-order valence-electron chi connectivity index (χ2n) is 7.90. The number of fused-ring (bicyclic) bond motifs is 1. The monoisotopic (exact) mass is 388 g/mol. The smallest absolute Gasteiger partial charge is 0.276 e. The molecule has 3 heterocycles. The van der Waals surface area contributed by atoms with Crippen molar-refractivity contribution in [1.29, 1.82) is 0 Å². The molecule has 3 aromatic rings. The molecule has 0 N–H and O–H groups in total. The van der Waals surface area contributed by atoms with Gasteiger partial charge < -0.3 is 9.64 Å². The molecule has 2 aromatic carbocycles. The zero-order valence-electron chi connectivity index (χ0n) is 16.4. The van der Waals surface area contributed by atoms with Crippen molar-refractivity contribution >= 4 is 5.91 Å². The first-order valence-electron chi connectivity index (χ1n) is 10.1. The highest BCUT2D eigenvalue weighted by Gasteiger charge is 2.46. The molecule has 0 radical (unpaired) electrons. The zero-order valence-corrected chi connectivity index (χ0v) is 16.4. The molecular formula is C23H24N4O2. The van der Waals surface area contributed by atoms with Gasteiger partial charge in [-0.05, 0) is 30.5 Å². The maximum atomic E-state index is 13.4. The van der Waals surface area contributed by atoms with E-state index >= 15 is 0 Å². The topological polar surface area (TPSA) is 60.2 Å². The summed E-state index contributed by atoms with van der Waals surface area (Å²) in [5, 5.41) is 8.42. The normalized spacial score (nSPS) is 23.8. The number of para-hydroxylation sites is 1. The molecule has 0 saturated carbocycles. The Morgan fingerprint density at radius 3 is 2.72 bits per heavy atom. The Bertz CT molecular complexity index is 1020. The maximum absolute atomic E-state index is 13.4. The Kier molecular flexibility index (Phi) is 4.64. The van der Waals surface area contributed by atoms with E-state index in [-0.39, 0.29) is 17.9 Å². The first kappa shape index (κ1) is 18.1. The third kappa shape index (κ3) is 3.23. The van der Waals surface area contributed by atoms with Crippen LogP contribution in [0.15, 0.2) is 60.8 Å². The van der Waals surface area contributed by atoms with Crippen LogP contribution in [-0.2, 0) is 4.74 Å². The van der Waals surface area contributed by atoms with Gasteiger partial charge in [-0.2, -0.15) is 0 Å². The summed E-state index contributed by atoms with van der Waals surface area (Å²) in [4.78, 5) is 15.4. The van der Waals surface area contributed by atoms with Gasteiger partial charge in [-0.15, -0.1) is 5.10 Å². The fourth-order valence-electron chi connectivity index (χ4n) is 4.74. The van der Waals surface area contributed by atoms with Crippen LogP contribution in [0.25, 0.3) is 5.69 Å². The summed E-state index contributed by atoms with van der Waals surface area (Å²) in [6.45, 7) is 4.11. The molecule has 2 fully saturated rings. The number of amides is 1. The minimum absolute atomic E-state index is 0.0415. The Balaban J connectivity index is 1.43. The van der Waals surface area contributed by atoms with E-state index in [1.165, 1.54) is 5.56 Å². The van der Waals surface area contributed by atoms with E-state index in [0.29, 0.717) is 31.4 Å². The molecule has 3 unspecified atom stereocenters. The molecule has 1 amide bonds. The van der Waals surface area contributed by atoms with Gasteiger partial charge in [-0.25, -0.2) is 4.68 Å². The molecule has 148 valence electrons. The molecule has 6 heteroatoms. The van der Waals surface area contributed by atoms with Crippen molar-refractivity contribution in [2.45, 2.75) is 25.3 Å². The lowest BCUT2D eigenvalue weighted by Crippen LogP contribution is -2.42. The quantitative estimate of drug-likeness (QED) is 0.691. The predicted molar refractivity (Wildman–Crippen MR) is 109 cm³/mol. The number of hydrogen-bond donors (Lipinski definition) is 0. The Labute approximate surface area is 170 Å². The fourth-order valence-corrected chi connectivity index (χ4v) is 4.74. The van der Waals surface area contributed by atoms with Gasteiger partial charge in [0, 0.05) is 31.0 Å². The summed E-state index contributed by atoms with van der Waals surface area (Å²) < 4.78 is 7.46. The Morgan fingerprint density at radius 1 is 1.10 bits per heavy atom. The van der Waals surface area contributed by atoms with Gasteiger partial charge in [0.1, 0.15) is 0 Å². The number of aryl methyl sites for hydroxylation is 1. The number of nitrogens with zero attached hydrogens (tertiary/aromatic N) is 4. The van der Waals surface area contributed by atoms with Gasteiger partial charge in [-0.3, -0.25) is 4.79 Å². The zero-order chi connectivity index (χ0) is 19.8. The Morgan fingerprint density at radius 2 is 1.90 bits per heavy atom. The second-order valence-corrected chi connectivity index (χ2v) is 7.90. The summed E-state index contributed by atoms with van der Waals surface area (Å²) >= 11 is 0. The highest BCUT2D eigenvalue weighted by atomic mass is 16.5. The Hall–Kier alpha value is -2.99. The van der Waals surface area contributed by atoms with E-state index in [4.69, 9.17) is 4.74 Å². The largest absolute Gasteiger partial charge is 0.381 e. The van der Waals surface area contributed by atoms with Crippen molar-refractivity contribution in [3.05, 3.63) is 77.6 Å². The maximum Gasteiger partial charge on any atom is 0.276 e. The van der Waals surface area contributed by atoms with E-state index in [0.717, 1.165) is 17.7 Å². The predicted octanol–water partition coefficient (Wildman–Crippen LogP) is 3.22. The van der Waals surface area contributed by atoms with E-state index in [9.17, 15) is 4.79 Å². The van der Waals surface area contributed by atoms with Crippen LogP contribution in [0.3, 0.4) is 0 Å². The van der Waals surface area contributed by atoms with Crippen LogP contribution in [0.5, 0.6) is 0 Å². The molecule has 1 aromatic heterocycles. The molecule has 2 aliphatic heterocycles. The van der Waals surface area contributed by atoms with E-state index in [1.807, 2.05) is 42.2 Å². The van der Waals surface area contributed by atoms with Gasteiger partial charge in [0.15, 0.2) is 5.69 Å².